The van der Waals surface area contributed by atoms with Gasteiger partial charge in [0.1, 0.15) is 17.4 Å². The minimum atomic E-state index is -0.557. The molecule has 0 aliphatic carbocycles. The van der Waals surface area contributed by atoms with Crippen LogP contribution in [0.15, 0.2) is 46.4 Å². The van der Waals surface area contributed by atoms with Crippen molar-refractivity contribution in [1.82, 2.24) is 0 Å². The molecule has 0 spiro atoms. The Hall–Kier alpha value is -3.51. The number of nitriles is 1. The minimum Gasteiger partial charge on any atom is -0.494 e. The largest absolute Gasteiger partial charge is 0.494 e. The summed E-state index contributed by atoms with van der Waals surface area (Å²) in [7, 11) is 0. The van der Waals surface area contributed by atoms with Crippen LogP contribution in [0.1, 0.15) is 26.3 Å². The Morgan fingerprint density at radius 3 is 2.33 bits per heavy atom. The average molecular weight is 517 g/mol. The molecule has 9 heteroatoms. The van der Waals surface area contributed by atoms with Crippen LogP contribution in [0.25, 0.3) is 6.08 Å². The smallest absolute Gasteiger partial charge is 0.344 e. The summed E-state index contributed by atoms with van der Waals surface area (Å²) < 4.78 is 21.9. The maximum Gasteiger partial charge on any atom is 0.344 e. The van der Waals surface area contributed by atoms with Crippen molar-refractivity contribution in [3.63, 3.8) is 0 Å². The number of benzene rings is 2. The van der Waals surface area contributed by atoms with Crippen LogP contribution in [-0.2, 0) is 14.3 Å². The maximum absolute atomic E-state index is 12.6. The first-order chi connectivity index (χ1) is 15.9. The van der Waals surface area contributed by atoms with Crippen LogP contribution in [-0.4, -0.2) is 38.3 Å². The zero-order valence-corrected chi connectivity index (χ0v) is 20.2. The molecule has 33 heavy (non-hydrogen) atoms. The summed E-state index contributed by atoms with van der Waals surface area (Å²) >= 11 is 3.40. The highest BCUT2D eigenvalue weighted by Crippen LogP contribution is 2.37. The van der Waals surface area contributed by atoms with E-state index in [0.717, 1.165) is 0 Å². The van der Waals surface area contributed by atoms with Crippen molar-refractivity contribution in [1.29, 1.82) is 5.26 Å². The summed E-state index contributed by atoms with van der Waals surface area (Å²) in [5.41, 5.74) is 0.967. The van der Waals surface area contributed by atoms with E-state index in [9.17, 15) is 14.9 Å². The van der Waals surface area contributed by atoms with E-state index < -0.39 is 11.9 Å². The SMILES string of the molecule is CCOC(=O)COc1c(Br)cc(/C=C(\C#N)C(=O)Nc2ccc(OCC)cc2)cc1OCC. The van der Waals surface area contributed by atoms with E-state index in [2.05, 4.69) is 21.2 Å². The highest BCUT2D eigenvalue weighted by atomic mass is 79.9. The highest BCUT2D eigenvalue weighted by molar-refractivity contribution is 9.10. The molecule has 1 amide bonds. The van der Waals surface area contributed by atoms with Crippen LogP contribution in [0, 0.1) is 11.3 Å². The van der Waals surface area contributed by atoms with E-state index in [1.807, 2.05) is 13.0 Å². The van der Waals surface area contributed by atoms with Crippen LogP contribution in [0.2, 0.25) is 0 Å². The number of esters is 1. The van der Waals surface area contributed by atoms with Gasteiger partial charge in [-0.1, -0.05) is 0 Å². The van der Waals surface area contributed by atoms with Gasteiger partial charge in [-0.2, -0.15) is 5.26 Å². The molecule has 2 rings (SSSR count). The maximum atomic E-state index is 12.6. The van der Waals surface area contributed by atoms with E-state index in [1.54, 1.807) is 50.2 Å². The molecule has 0 bridgehead atoms. The molecule has 2 aromatic carbocycles. The number of nitrogens with one attached hydrogen (secondary N) is 1. The fourth-order valence-electron chi connectivity index (χ4n) is 2.72. The molecule has 0 fully saturated rings. The lowest BCUT2D eigenvalue weighted by molar-refractivity contribution is -0.145. The zero-order chi connectivity index (χ0) is 24.2. The number of carbonyl (C=O) groups is 2. The zero-order valence-electron chi connectivity index (χ0n) is 18.6. The Morgan fingerprint density at radius 1 is 1.03 bits per heavy atom. The molecule has 0 radical (unpaired) electrons. The van der Waals surface area contributed by atoms with Crippen LogP contribution in [0.3, 0.4) is 0 Å². The normalized spacial score (nSPS) is 10.7. The monoisotopic (exact) mass is 516 g/mol. The van der Waals surface area contributed by atoms with Crippen molar-refractivity contribution in [2.45, 2.75) is 20.8 Å². The fraction of sp³-hybridized carbons (Fsp3) is 0.292. The molecule has 0 unspecified atom stereocenters. The summed E-state index contributed by atoms with van der Waals surface area (Å²) in [6, 6.07) is 12.0. The van der Waals surface area contributed by atoms with Crippen molar-refractivity contribution in [2.75, 3.05) is 31.7 Å². The molecule has 1 N–H and O–H groups in total. The van der Waals surface area contributed by atoms with Crippen LogP contribution >= 0.6 is 15.9 Å². The van der Waals surface area contributed by atoms with Gasteiger partial charge in [-0.25, -0.2) is 4.79 Å². The van der Waals surface area contributed by atoms with Gasteiger partial charge < -0.3 is 24.3 Å². The molecule has 0 saturated heterocycles. The lowest BCUT2D eigenvalue weighted by Crippen LogP contribution is -2.15. The summed E-state index contributed by atoms with van der Waals surface area (Å²) in [6.07, 6.45) is 1.44. The predicted octanol–water partition coefficient (Wildman–Crippen LogP) is 4.73. The quantitative estimate of drug-likeness (QED) is 0.261. The summed E-state index contributed by atoms with van der Waals surface area (Å²) in [5, 5.41) is 12.2. The van der Waals surface area contributed by atoms with Gasteiger partial charge in [0, 0.05) is 5.69 Å². The number of amides is 1. The first-order valence-electron chi connectivity index (χ1n) is 10.3. The highest BCUT2D eigenvalue weighted by Gasteiger charge is 2.16. The van der Waals surface area contributed by atoms with Crippen molar-refractivity contribution in [2.24, 2.45) is 0 Å². The molecule has 174 valence electrons. The molecular weight excluding hydrogens is 492 g/mol. The molecule has 8 nitrogen and oxygen atoms in total. The van der Waals surface area contributed by atoms with Crippen molar-refractivity contribution in [3.8, 4) is 23.3 Å². The average Bonchev–Trinajstić information content (AvgIpc) is 2.78. The number of halogens is 1. The molecule has 0 saturated carbocycles. The Labute approximate surface area is 201 Å². The first kappa shape index (κ1) is 25.7. The Morgan fingerprint density at radius 2 is 1.73 bits per heavy atom. The summed E-state index contributed by atoms with van der Waals surface area (Å²) in [5.74, 6) is 0.295. The number of carbonyl (C=O) groups excluding carboxylic acids is 2. The van der Waals surface area contributed by atoms with Crippen molar-refractivity contribution >= 4 is 39.6 Å². The van der Waals surface area contributed by atoms with Gasteiger partial charge in [0.15, 0.2) is 18.1 Å². The van der Waals surface area contributed by atoms with Gasteiger partial charge in [0.25, 0.3) is 5.91 Å². The Bertz CT molecular complexity index is 1040. The second-order valence-electron chi connectivity index (χ2n) is 6.44. The Balaban J connectivity index is 2.23. The van der Waals surface area contributed by atoms with E-state index in [1.165, 1.54) is 6.08 Å². The van der Waals surface area contributed by atoms with E-state index in [4.69, 9.17) is 18.9 Å². The molecule has 2 aromatic rings. The third kappa shape index (κ3) is 7.84. The molecule has 0 aromatic heterocycles. The molecule has 0 atom stereocenters. The lowest BCUT2D eigenvalue weighted by Gasteiger charge is -2.14. The van der Waals surface area contributed by atoms with Crippen molar-refractivity contribution in [3.05, 3.63) is 52.0 Å². The molecular formula is C24H25BrN2O6. The Kier molecular flexibility index (Phi) is 10.2. The number of anilines is 1. The number of rotatable bonds is 11. The minimum absolute atomic E-state index is 0.0987. The second-order valence-corrected chi connectivity index (χ2v) is 7.29. The van der Waals surface area contributed by atoms with Crippen LogP contribution in [0.4, 0.5) is 5.69 Å². The topological polar surface area (TPSA) is 107 Å². The first-order valence-corrected chi connectivity index (χ1v) is 11.1. The third-order valence-electron chi connectivity index (χ3n) is 4.07. The fourth-order valence-corrected chi connectivity index (χ4v) is 3.30. The van der Waals surface area contributed by atoms with Gasteiger partial charge in [-0.3, -0.25) is 4.79 Å². The summed E-state index contributed by atoms with van der Waals surface area (Å²) in [4.78, 5) is 24.2. The van der Waals surface area contributed by atoms with Crippen molar-refractivity contribution < 1.29 is 28.5 Å². The van der Waals surface area contributed by atoms with E-state index in [0.29, 0.717) is 46.2 Å². The predicted molar refractivity (Wildman–Crippen MR) is 127 cm³/mol. The van der Waals surface area contributed by atoms with E-state index >= 15 is 0 Å². The van der Waals surface area contributed by atoms with Crippen LogP contribution < -0.4 is 19.5 Å². The summed E-state index contributed by atoms with van der Waals surface area (Å²) in [6.45, 7) is 6.25. The van der Waals surface area contributed by atoms with Gasteiger partial charge in [0.2, 0.25) is 0 Å². The lowest BCUT2D eigenvalue weighted by atomic mass is 10.1. The standard InChI is InChI=1S/C24H25BrN2O6/c1-4-30-19-9-7-18(8-10-19)27-24(29)17(14-26)11-16-12-20(25)23(21(13-16)31-5-2)33-15-22(28)32-6-3/h7-13H,4-6,15H2,1-3H3,(H,27,29)/b17-11+. The third-order valence-corrected chi connectivity index (χ3v) is 4.66. The van der Waals surface area contributed by atoms with Gasteiger partial charge in [-0.15, -0.1) is 0 Å². The molecule has 0 heterocycles. The van der Waals surface area contributed by atoms with Gasteiger partial charge in [-0.05, 0) is 84.7 Å². The van der Waals surface area contributed by atoms with E-state index in [-0.39, 0.29) is 18.8 Å². The number of ether oxygens (including phenoxy) is 4. The molecule has 0 aliphatic heterocycles. The van der Waals surface area contributed by atoms with Gasteiger partial charge >= 0.3 is 5.97 Å². The van der Waals surface area contributed by atoms with Crippen LogP contribution in [0.5, 0.6) is 17.2 Å². The molecule has 0 aliphatic rings. The number of hydrogen-bond donors (Lipinski definition) is 1. The number of nitrogens with zero attached hydrogens (tertiary/aromatic N) is 1. The van der Waals surface area contributed by atoms with Gasteiger partial charge in [0.05, 0.1) is 24.3 Å². The number of hydrogen-bond acceptors (Lipinski definition) is 7. The second kappa shape index (κ2) is 13.1.